The molecule has 2 fully saturated rings. The van der Waals surface area contributed by atoms with Crippen LogP contribution in [-0.2, 0) is 4.79 Å². The number of nitrogens with one attached hydrogen (secondary N) is 1. The Kier molecular flexibility index (Phi) is 7.17. The zero-order valence-electron chi connectivity index (χ0n) is 15.3. The lowest BCUT2D eigenvalue weighted by Gasteiger charge is -2.33. The van der Waals surface area contributed by atoms with Crippen LogP contribution in [0.2, 0.25) is 5.02 Å². The third kappa shape index (κ3) is 5.35. The van der Waals surface area contributed by atoms with E-state index in [1.165, 1.54) is 0 Å². The summed E-state index contributed by atoms with van der Waals surface area (Å²) in [6.45, 7) is 4.20. The highest BCUT2D eigenvalue weighted by Gasteiger charge is 2.33. The molecule has 144 valence electrons. The predicted molar refractivity (Wildman–Crippen MR) is 104 cm³/mol. The van der Waals surface area contributed by atoms with Gasteiger partial charge in [-0.2, -0.15) is 0 Å². The van der Waals surface area contributed by atoms with Gasteiger partial charge in [-0.05, 0) is 62.4 Å². The van der Waals surface area contributed by atoms with Gasteiger partial charge in [0.15, 0.2) is 0 Å². The molecule has 1 heterocycles. The fourth-order valence-corrected chi connectivity index (χ4v) is 4.22. The first-order valence-electron chi connectivity index (χ1n) is 9.77. The van der Waals surface area contributed by atoms with Gasteiger partial charge in [0.2, 0.25) is 5.91 Å². The van der Waals surface area contributed by atoms with Crippen molar-refractivity contribution in [2.24, 2.45) is 17.6 Å². The van der Waals surface area contributed by atoms with Gasteiger partial charge in [0.25, 0.3) is 0 Å². The number of hydrogen-bond acceptors (Lipinski definition) is 4. The van der Waals surface area contributed by atoms with E-state index in [1.807, 2.05) is 24.3 Å². The van der Waals surface area contributed by atoms with Crippen molar-refractivity contribution >= 4 is 17.5 Å². The number of piperidine rings is 1. The molecule has 3 rings (SSSR count). The van der Waals surface area contributed by atoms with E-state index >= 15 is 0 Å². The van der Waals surface area contributed by atoms with E-state index in [1.54, 1.807) is 0 Å². The normalized spacial score (nSPS) is 24.5. The quantitative estimate of drug-likeness (QED) is 0.764. The summed E-state index contributed by atoms with van der Waals surface area (Å²) in [6.07, 6.45) is 5.24. The first-order chi connectivity index (χ1) is 12.7. The second-order valence-electron chi connectivity index (χ2n) is 7.46. The maximum Gasteiger partial charge on any atom is 0.223 e. The summed E-state index contributed by atoms with van der Waals surface area (Å²) in [5.74, 6) is 1.58. The van der Waals surface area contributed by atoms with E-state index in [-0.39, 0.29) is 11.8 Å². The van der Waals surface area contributed by atoms with Crippen molar-refractivity contribution in [1.29, 1.82) is 0 Å². The molecule has 1 amide bonds. The second-order valence-corrected chi connectivity index (χ2v) is 7.90. The van der Waals surface area contributed by atoms with E-state index < -0.39 is 0 Å². The van der Waals surface area contributed by atoms with Crippen molar-refractivity contribution in [3.8, 4) is 5.75 Å². The lowest BCUT2D eigenvalue weighted by molar-refractivity contribution is -0.127. The van der Waals surface area contributed by atoms with E-state index in [4.69, 9.17) is 22.1 Å². The molecule has 1 aliphatic heterocycles. The summed E-state index contributed by atoms with van der Waals surface area (Å²) in [5, 5.41) is 3.99. The predicted octanol–water partition coefficient (Wildman–Crippen LogP) is 2.67. The Hall–Kier alpha value is -1.30. The monoisotopic (exact) mass is 379 g/mol. The molecule has 1 aliphatic carbocycles. The van der Waals surface area contributed by atoms with Crippen molar-refractivity contribution in [2.75, 3.05) is 32.8 Å². The zero-order valence-corrected chi connectivity index (χ0v) is 16.1. The largest absolute Gasteiger partial charge is 0.492 e. The van der Waals surface area contributed by atoms with Gasteiger partial charge in [-0.15, -0.1) is 0 Å². The molecule has 26 heavy (non-hydrogen) atoms. The van der Waals surface area contributed by atoms with Crippen LogP contribution < -0.4 is 15.8 Å². The molecule has 1 aromatic rings. The summed E-state index contributed by atoms with van der Waals surface area (Å²) >= 11 is 5.87. The summed E-state index contributed by atoms with van der Waals surface area (Å²) in [5.41, 5.74) is 5.80. The summed E-state index contributed by atoms with van der Waals surface area (Å²) in [4.78, 5) is 14.9. The van der Waals surface area contributed by atoms with Crippen LogP contribution in [0.15, 0.2) is 24.3 Å². The van der Waals surface area contributed by atoms with E-state index in [0.717, 1.165) is 62.5 Å². The molecule has 5 nitrogen and oxygen atoms in total. The number of amides is 1. The number of rotatable bonds is 7. The molecule has 1 saturated heterocycles. The average Bonchev–Trinajstić information content (AvgIpc) is 3.14. The average molecular weight is 380 g/mol. The summed E-state index contributed by atoms with van der Waals surface area (Å²) < 4.78 is 5.76. The highest BCUT2D eigenvalue weighted by Crippen LogP contribution is 2.31. The highest BCUT2D eigenvalue weighted by molar-refractivity contribution is 6.30. The number of likely N-dealkylation sites (tertiary alicyclic amines) is 1. The number of halogens is 1. The lowest BCUT2D eigenvalue weighted by Crippen LogP contribution is -2.47. The van der Waals surface area contributed by atoms with Crippen molar-refractivity contribution < 1.29 is 9.53 Å². The molecule has 0 unspecified atom stereocenters. The molecule has 2 aliphatic rings. The Balaban J connectivity index is 1.33. The standard InChI is InChI=1S/C20H30ClN3O2/c21-16-4-6-18(7-5-16)26-13-12-24-10-8-17(9-11-24)23-20(25)19-3-1-2-15(19)14-22/h4-7,15,17,19H,1-3,8-14,22H2,(H,23,25)/t15-,19-/m1/s1. The van der Waals surface area contributed by atoms with Crippen LogP contribution in [0.5, 0.6) is 5.75 Å². The molecule has 0 radical (unpaired) electrons. The number of benzene rings is 1. The van der Waals surface area contributed by atoms with Crippen molar-refractivity contribution in [2.45, 2.75) is 38.1 Å². The van der Waals surface area contributed by atoms with Gasteiger partial charge < -0.3 is 15.8 Å². The van der Waals surface area contributed by atoms with Crippen LogP contribution in [0, 0.1) is 11.8 Å². The minimum atomic E-state index is 0.130. The minimum absolute atomic E-state index is 0.130. The number of carbonyl (C=O) groups excluding carboxylic acids is 1. The Morgan fingerprint density at radius 3 is 2.62 bits per heavy atom. The van der Waals surface area contributed by atoms with Gasteiger partial charge in [-0.25, -0.2) is 0 Å². The topological polar surface area (TPSA) is 67.6 Å². The summed E-state index contributed by atoms with van der Waals surface area (Å²) in [7, 11) is 0. The molecule has 1 saturated carbocycles. The second kappa shape index (κ2) is 9.58. The molecule has 3 N–H and O–H groups in total. The number of nitrogens with zero attached hydrogens (tertiary/aromatic N) is 1. The van der Waals surface area contributed by atoms with E-state index in [0.29, 0.717) is 25.1 Å². The van der Waals surface area contributed by atoms with Crippen LogP contribution >= 0.6 is 11.6 Å². The van der Waals surface area contributed by atoms with Gasteiger partial charge in [0.1, 0.15) is 12.4 Å². The lowest BCUT2D eigenvalue weighted by atomic mass is 9.94. The van der Waals surface area contributed by atoms with Crippen LogP contribution in [0.1, 0.15) is 32.1 Å². The number of ether oxygens (including phenoxy) is 1. The first kappa shape index (κ1) is 19.5. The highest BCUT2D eigenvalue weighted by atomic mass is 35.5. The van der Waals surface area contributed by atoms with Crippen molar-refractivity contribution in [3.05, 3.63) is 29.3 Å². The minimum Gasteiger partial charge on any atom is -0.492 e. The maximum absolute atomic E-state index is 12.5. The number of carbonyl (C=O) groups is 1. The molecule has 1 aromatic carbocycles. The maximum atomic E-state index is 12.5. The fourth-order valence-electron chi connectivity index (χ4n) is 4.10. The van der Waals surface area contributed by atoms with Crippen LogP contribution in [0.25, 0.3) is 0 Å². The molecular weight excluding hydrogens is 350 g/mol. The zero-order chi connectivity index (χ0) is 18.4. The van der Waals surface area contributed by atoms with Crippen molar-refractivity contribution in [3.63, 3.8) is 0 Å². The molecule has 0 aromatic heterocycles. The van der Waals surface area contributed by atoms with Crippen LogP contribution in [0.3, 0.4) is 0 Å². The van der Waals surface area contributed by atoms with Gasteiger partial charge in [-0.1, -0.05) is 18.0 Å². The van der Waals surface area contributed by atoms with Crippen molar-refractivity contribution in [1.82, 2.24) is 10.2 Å². The molecule has 0 spiro atoms. The van der Waals surface area contributed by atoms with E-state index in [9.17, 15) is 4.79 Å². The number of hydrogen-bond donors (Lipinski definition) is 2. The molecule has 6 heteroatoms. The van der Waals surface area contributed by atoms with Gasteiger partial charge >= 0.3 is 0 Å². The van der Waals surface area contributed by atoms with Crippen LogP contribution in [0.4, 0.5) is 0 Å². The van der Waals surface area contributed by atoms with Crippen LogP contribution in [-0.4, -0.2) is 49.6 Å². The third-order valence-corrected chi connectivity index (χ3v) is 5.97. The van der Waals surface area contributed by atoms with Gasteiger partial charge in [0.05, 0.1) is 0 Å². The molecular formula is C20H30ClN3O2. The Labute approximate surface area is 161 Å². The Morgan fingerprint density at radius 1 is 1.19 bits per heavy atom. The molecule has 2 atom stereocenters. The molecule has 0 bridgehead atoms. The summed E-state index contributed by atoms with van der Waals surface area (Å²) in [6, 6.07) is 7.76. The fraction of sp³-hybridized carbons (Fsp3) is 0.650. The number of nitrogens with two attached hydrogens (primary N) is 1. The van der Waals surface area contributed by atoms with E-state index in [2.05, 4.69) is 10.2 Å². The SMILES string of the molecule is NC[C@H]1CCC[C@H]1C(=O)NC1CCN(CCOc2ccc(Cl)cc2)CC1. The van der Waals surface area contributed by atoms with Gasteiger partial charge in [-0.3, -0.25) is 9.69 Å². The first-order valence-corrected chi connectivity index (χ1v) is 10.1. The Bertz CT molecular complexity index is 573. The van der Waals surface area contributed by atoms with Gasteiger partial charge in [0, 0.05) is 36.6 Å². The smallest absolute Gasteiger partial charge is 0.223 e. The Morgan fingerprint density at radius 2 is 1.92 bits per heavy atom. The third-order valence-electron chi connectivity index (χ3n) is 5.72.